The summed E-state index contributed by atoms with van der Waals surface area (Å²) < 4.78 is 6.71. The molecule has 0 saturated heterocycles. The van der Waals surface area contributed by atoms with Gasteiger partial charge in [-0.2, -0.15) is 0 Å². The maximum Gasteiger partial charge on any atom is 0.357 e. The zero-order chi connectivity index (χ0) is 16.6. The standard InChI is InChI=1S/C17H15BrN2O3/c1-3-23-17(22)16-12(8-18)15-11-6-4-5-7-13(11)20(10(2)21)14(15)9-19-16/h4-7,9H,3,8H2,1-2H3. The van der Waals surface area contributed by atoms with E-state index in [0.717, 1.165) is 21.9 Å². The van der Waals surface area contributed by atoms with Crippen LogP contribution in [0.15, 0.2) is 30.5 Å². The molecule has 0 bridgehead atoms. The monoisotopic (exact) mass is 374 g/mol. The number of hydrogen-bond acceptors (Lipinski definition) is 4. The smallest absolute Gasteiger partial charge is 0.357 e. The predicted molar refractivity (Wildman–Crippen MR) is 92.1 cm³/mol. The number of nitrogens with zero attached hydrogens (tertiary/aromatic N) is 2. The average molecular weight is 375 g/mol. The Morgan fingerprint density at radius 3 is 2.65 bits per heavy atom. The third kappa shape index (κ3) is 2.43. The van der Waals surface area contributed by atoms with Gasteiger partial charge < -0.3 is 4.74 Å². The number of para-hydroxylation sites is 1. The molecule has 0 amide bonds. The van der Waals surface area contributed by atoms with Crippen LogP contribution in [0.2, 0.25) is 0 Å². The first-order valence-electron chi connectivity index (χ1n) is 7.25. The lowest BCUT2D eigenvalue weighted by Crippen LogP contribution is -2.11. The summed E-state index contributed by atoms with van der Waals surface area (Å²) in [5.41, 5.74) is 2.51. The molecule has 118 valence electrons. The Morgan fingerprint density at radius 1 is 1.26 bits per heavy atom. The number of ether oxygens (including phenoxy) is 1. The molecule has 23 heavy (non-hydrogen) atoms. The molecule has 1 aromatic carbocycles. The van der Waals surface area contributed by atoms with Crippen LogP contribution in [0.1, 0.15) is 34.7 Å². The number of rotatable bonds is 3. The Hall–Kier alpha value is -2.21. The molecule has 5 nitrogen and oxygen atoms in total. The quantitative estimate of drug-likeness (QED) is 0.514. The maximum atomic E-state index is 12.2. The Balaban J connectivity index is 2.45. The molecule has 0 saturated carbocycles. The summed E-state index contributed by atoms with van der Waals surface area (Å²) >= 11 is 3.44. The van der Waals surface area contributed by atoms with E-state index in [1.54, 1.807) is 17.7 Å². The van der Waals surface area contributed by atoms with E-state index >= 15 is 0 Å². The number of alkyl halides is 1. The fourth-order valence-electron chi connectivity index (χ4n) is 2.87. The summed E-state index contributed by atoms with van der Waals surface area (Å²) in [5, 5.41) is 2.21. The zero-order valence-corrected chi connectivity index (χ0v) is 14.4. The highest BCUT2D eigenvalue weighted by atomic mass is 79.9. The number of carbonyl (C=O) groups is 2. The Labute approximate surface area is 141 Å². The van der Waals surface area contributed by atoms with Gasteiger partial charge in [0.1, 0.15) is 0 Å². The van der Waals surface area contributed by atoms with Gasteiger partial charge >= 0.3 is 5.97 Å². The van der Waals surface area contributed by atoms with Gasteiger partial charge in [-0.05, 0) is 13.0 Å². The minimum absolute atomic E-state index is 0.0950. The van der Waals surface area contributed by atoms with Crippen LogP contribution in [0.25, 0.3) is 21.8 Å². The molecule has 0 unspecified atom stereocenters. The van der Waals surface area contributed by atoms with Crippen LogP contribution in [-0.2, 0) is 10.1 Å². The minimum atomic E-state index is -0.455. The lowest BCUT2D eigenvalue weighted by Gasteiger charge is -2.08. The Bertz CT molecular complexity index is 930. The van der Waals surface area contributed by atoms with Gasteiger partial charge in [0.2, 0.25) is 5.91 Å². The van der Waals surface area contributed by atoms with Crippen LogP contribution in [-0.4, -0.2) is 28.0 Å². The molecule has 0 atom stereocenters. The van der Waals surface area contributed by atoms with E-state index < -0.39 is 5.97 Å². The second kappa shape index (κ2) is 6.12. The lowest BCUT2D eigenvalue weighted by molar-refractivity contribution is 0.0518. The number of esters is 1. The number of halogens is 1. The highest BCUT2D eigenvalue weighted by Crippen LogP contribution is 2.33. The number of carbonyl (C=O) groups excluding carboxylic acids is 2. The molecule has 0 aliphatic rings. The van der Waals surface area contributed by atoms with Gasteiger partial charge in [-0.25, -0.2) is 9.78 Å². The van der Waals surface area contributed by atoms with E-state index in [1.165, 1.54) is 6.92 Å². The average Bonchev–Trinajstić information content (AvgIpc) is 2.88. The largest absolute Gasteiger partial charge is 0.461 e. The summed E-state index contributed by atoms with van der Waals surface area (Å²) in [7, 11) is 0. The molecule has 6 heteroatoms. The van der Waals surface area contributed by atoms with Gasteiger partial charge in [0.05, 0.1) is 23.8 Å². The Morgan fingerprint density at radius 2 is 2.00 bits per heavy atom. The molecule has 0 aliphatic heterocycles. The first kappa shape index (κ1) is 15.7. The normalized spacial score (nSPS) is 11.1. The molecule has 0 spiro atoms. The summed E-state index contributed by atoms with van der Waals surface area (Å²) in [6.07, 6.45) is 1.56. The van der Waals surface area contributed by atoms with Gasteiger partial charge in [0, 0.05) is 28.6 Å². The van der Waals surface area contributed by atoms with Gasteiger partial charge in [0.15, 0.2) is 5.69 Å². The third-order valence-electron chi connectivity index (χ3n) is 3.73. The first-order valence-corrected chi connectivity index (χ1v) is 8.37. The summed E-state index contributed by atoms with van der Waals surface area (Å²) in [4.78, 5) is 28.5. The molecule has 0 radical (unpaired) electrons. The van der Waals surface area contributed by atoms with Crippen molar-refractivity contribution >= 4 is 49.6 Å². The highest BCUT2D eigenvalue weighted by Gasteiger charge is 2.22. The van der Waals surface area contributed by atoms with Crippen molar-refractivity contribution in [1.29, 1.82) is 0 Å². The molecular weight excluding hydrogens is 360 g/mol. The SMILES string of the molecule is CCOC(=O)c1ncc2c(c1CBr)c1ccccc1n2C(C)=O. The van der Waals surface area contributed by atoms with Crippen LogP contribution in [0.3, 0.4) is 0 Å². The fourth-order valence-corrected chi connectivity index (χ4v) is 3.41. The van der Waals surface area contributed by atoms with Crippen LogP contribution < -0.4 is 0 Å². The van der Waals surface area contributed by atoms with Crippen LogP contribution in [0.5, 0.6) is 0 Å². The molecule has 0 N–H and O–H groups in total. The number of aromatic nitrogens is 2. The van der Waals surface area contributed by atoms with E-state index in [9.17, 15) is 9.59 Å². The number of fused-ring (bicyclic) bond motifs is 3. The second-order valence-electron chi connectivity index (χ2n) is 5.07. The van der Waals surface area contributed by atoms with Crippen molar-refractivity contribution in [2.24, 2.45) is 0 Å². The van der Waals surface area contributed by atoms with E-state index in [2.05, 4.69) is 20.9 Å². The summed E-state index contributed by atoms with van der Waals surface area (Å²) in [6.45, 7) is 3.56. The van der Waals surface area contributed by atoms with Crippen LogP contribution in [0.4, 0.5) is 0 Å². The van der Waals surface area contributed by atoms with Crippen molar-refractivity contribution < 1.29 is 14.3 Å². The second-order valence-corrected chi connectivity index (χ2v) is 5.63. The third-order valence-corrected chi connectivity index (χ3v) is 4.29. The minimum Gasteiger partial charge on any atom is -0.461 e. The summed E-state index contributed by atoms with van der Waals surface area (Å²) in [6, 6.07) is 7.62. The van der Waals surface area contributed by atoms with Crippen LogP contribution >= 0.6 is 15.9 Å². The molecule has 2 heterocycles. The van der Waals surface area contributed by atoms with E-state index in [0.29, 0.717) is 10.8 Å². The predicted octanol–water partition coefficient (Wildman–Crippen LogP) is 3.92. The van der Waals surface area contributed by atoms with Gasteiger partial charge in [0.25, 0.3) is 0 Å². The van der Waals surface area contributed by atoms with Gasteiger partial charge in [-0.1, -0.05) is 34.1 Å². The number of pyridine rings is 1. The van der Waals surface area contributed by atoms with E-state index in [4.69, 9.17) is 4.74 Å². The van der Waals surface area contributed by atoms with Crippen molar-refractivity contribution in [3.05, 3.63) is 41.7 Å². The molecule has 3 aromatic rings. The first-order chi connectivity index (χ1) is 11.1. The van der Waals surface area contributed by atoms with Gasteiger partial charge in [-0.15, -0.1) is 0 Å². The molecule has 2 aromatic heterocycles. The van der Waals surface area contributed by atoms with E-state index in [1.807, 2.05) is 24.3 Å². The highest BCUT2D eigenvalue weighted by molar-refractivity contribution is 9.08. The van der Waals surface area contributed by atoms with Crippen molar-refractivity contribution in [2.75, 3.05) is 6.61 Å². The van der Waals surface area contributed by atoms with Gasteiger partial charge in [-0.3, -0.25) is 9.36 Å². The molecule has 3 rings (SSSR count). The fraction of sp³-hybridized carbons (Fsp3) is 0.235. The Kier molecular flexibility index (Phi) is 4.17. The maximum absolute atomic E-state index is 12.2. The molecule has 0 aliphatic carbocycles. The molecular formula is C17H15BrN2O3. The van der Waals surface area contributed by atoms with E-state index in [-0.39, 0.29) is 18.2 Å². The van der Waals surface area contributed by atoms with Crippen LogP contribution in [0, 0.1) is 0 Å². The topological polar surface area (TPSA) is 61.2 Å². The lowest BCUT2D eigenvalue weighted by atomic mass is 10.1. The molecule has 0 fully saturated rings. The van der Waals surface area contributed by atoms with Crippen molar-refractivity contribution in [3.8, 4) is 0 Å². The van der Waals surface area contributed by atoms with Crippen molar-refractivity contribution in [1.82, 2.24) is 9.55 Å². The summed E-state index contributed by atoms with van der Waals surface area (Å²) in [5.74, 6) is -0.550. The van der Waals surface area contributed by atoms with Crippen molar-refractivity contribution in [3.63, 3.8) is 0 Å². The zero-order valence-electron chi connectivity index (χ0n) is 12.8. The number of benzene rings is 1. The number of hydrogen-bond donors (Lipinski definition) is 0. The van der Waals surface area contributed by atoms with Crippen molar-refractivity contribution in [2.45, 2.75) is 19.2 Å².